The number of amides is 2. The Bertz CT molecular complexity index is 1910. The van der Waals surface area contributed by atoms with Gasteiger partial charge in [0.2, 0.25) is 11.5 Å². The molecule has 0 radical (unpaired) electrons. The number of nitrogens with two attached hydrogens (primary N) is 1. The van der Waals surface area contributed by atoms with Crippen LogP contribution in [0.1, 0.15) is 33.5 Å². The topological polar surface area (TPSA) is 307 Å². The molecule has 26 heteroatoms. The monoisotopic (exact) mass is 811 g/mol. The number of halogens is 3. The zero-order chi connectivity index (χ0) is 40.9. The first-order chi connectivity index (χ1) is 25.3. The zero-order valence-electron chi connectivity index (χ0n) is 28.7. The molecule has 8 N–H and O–H groups in total. The van der Waals surface area contributed by atoms with Gasteiger partial charge in [-0.3, -0.25) is 18.9 Å². The molecule has 2 saturated heterocycles. The lowest BCUT2D eigenvalue weighted by Crippen LogP contribution is -2.76. The Morgan fingerprint density at radius 1 is 1.19 bits per heavy atom. The summed E-state index contributed by atoms with van der Waals surface area (Å²) in [5.74, 6) is -3.33. The smallest absolute Gasteiger partial charge is 0.490 e. The largest absolute Gasteiger partial charge is 0.490 e. The van der Waals surface area contributed by atoms with Crippen LogP contribution in [0.5, 0.6) is 5.75 Å². The molecule has 298 valence electrons. The van der Waals surface area contributed by atoms with Gasteiger partial charge in [-0.25, -0.2) is 9.78 Å². The highest BCUT2D eigenvalue weighted by atomic mass is 32.3. The number of benzene rings is 1. The quantitative estimate of drug-likeness (QED) is 0.0336. The van der Waals surface area contributed by atoms with E-state index in [1.54, 1.807) is 6.07 Å². The maximum Gasteiger partial charge on any atom is 0.490 e. The number of nitrogens with one attached hydrogen (secondary N) is 3. The summed E-state index contributed by atoms with van der Waals surface area (Å²) in [6.07, 6.45) is -5.08. The van der Waals surface area contributed by atoms with Crippen LogP contribution in [0.3, 0.4) is 0 Å². The normalized spacial score (nSPS) is 16.4. The number of nitrogens with zero attached hydrogens (tertiary/aromatic N) is 5. The Morgan fingerprint density at radius 2 is 1.81 bits per heavy atom. The maximum atomic E-state index is 13.0. The molecule has 3 aromatic rings. The van der Waals surface area contributed by atoms with Crippen LogP contribution in [-0.2, 0) is 38.7 Å². The van der Waals surface area contributed by atoms with Gasteiger partial charge in [-0.05, 0) is 44.2 Å². The summed E-state index contributed by atoms with van der Waals surface area (Å²) < 4.78 is 76.7. The number of hydrogen-bond donors (Lipinski definition) is 7. The number of oxime groups is 1. The lowest BCUT2D eigenvalue weighted by Gasteiger charge is -2.50. The molecular formula is C28H36F3N9O12S2. The number of carboxylic acid groups (broad SMARTS) is 2. The van der Waals surface area contributed by atoms with Gasteiger partial charge in [-0.2, -0.15) is 36.0 Å². The minimum absolute atomic E-state index is 0.0607. The predicted molar refractivity (Wildman–Crippen MR) is 184 cm³/mol. The fraction of sp³-hybridized carbons (Fsp3) is 0.429. The number of alkyl halides is 3. The molecule has 4 heterocycles. The third kappa shape index (κ3) is 12.9. The van der Waals surface area contributed by atoms with Crippen molar-refractivity contribution in [2.75, 3.05) is 37.4 Å². The number of carbonyl (C=O) groups excluding carboxylic acids is 2. The van der Waals surface area contributed by atoms with E-state index in [1.807, 2.05) is 38.1 Å². The lowest BCUT2D eigenvalue weighted by atomic mass is 9.84. The van der Waals surface area contributed by atoms with E-state index in [4.69, 9.17) is 39.7 Å². The van der Waals surface area contributed by atoms with Crippen LogP contribution in [-0.4, -0.2) is 123 Å². The van der Waals surface area contributed by atoms with E-state index in [1.165, 1.54) is 13.8 Å². The van der Waals surface area contributed by atoms with Gasteiger partial charge in [0, 0.05) is 30.0 Å². The third-order valence-electron chi connectivity index (χ3n) is 6.63. The number of hydrogen-bond acceptors (Lipinski definition) is 17. The first kappa shape index (κ1) is 44.7. The summed E-state index contributed by atoms with van der Waals surface area (Å²) in [6.45, 7) is 8.42. The highest BCUT2D eigenvalue weighted by Crippen LogP contribution is 2.33. The Kier molecular flexibility index (Phi) is 16.2. The molecule has 1 atom stereocenters. The summed E-state index contributed by atoms with van der Waals surface area (Å²) in [7, 11) is -4.95. The minimum Gasteiger partial charge on any atom is -0.490 e. The molecule has 2 aliphatic rings. The first-order valence-electron chi connectivity index (χ1n) is 15.3. The number of aliphatic carboxylic acids is 1. The third-order valence-corrected chi connectivity index (χ3v) is 7.51. The van der Waals surface area contributed by atoms with Crippen LogP contribution in [0.25, 0.3) is 10.9 Å². The van der Waals surface area contributed by atoms with Crippen molar-refractivity contribution in [2.45, 2.75) is 51.5 Å². The van der Waals surface area contributed by atoms with Gasteiger partial charge in [0.25, 0.3) is 18.3 Å². The summed E-state index contributed by atoms with van der Waals surface area (Å²) in [5.41, 5.74) is 4.75. The number of carboxylic acids is 1. The molecule has 2 aliphatic heterocycles. The molecule has 0 bridgehead atoms. The van der Waals surface area contributed by atoms with Crippen LogP contribution >= 0.6 is 11.5 Å². The SMILES string of the molecule is CC.CC1(C)[C@H](NC(=O)/C(=N\OCCOc2ccc3nc(NC4CNC4)ccc3c2)c2nsc(N)n2)C(=O)N1OS(=O)(=O)O.O=C(O)C(F)(F)F.O=CO. The number of anilines is 2. The molecule has 2 aromatic heterocycles. The first-order valence-corrected chi connectivity index (χ1v) is 17.4. The van der Waals surface area contributed by atoms with Crippen LogP contribution in [0.2, 0.25) is 0 Å². The summed E-state index contributed by atoms with van der Waals surface area (Å²) >= 11 is 0.819. The van der Waals surface area contributed by atoms with Gasteiger partial charge < -0.3 is 41.5 Å². The standard InChI is InChI=1S/C23H27N9O8S2.C2HF3O2.C2H6.CH2O2/c1-23(2)18(21(34)32(23)40-42(35,36)37)28-20(33)17(19-29-22(24)41-31-19)30-39-8-7-38-14-4-5-15-12(9-14)3-6-16(27-15)26-13-10-25-11-13;3-2(4,5)1(6)7;1-2;2-1-3/h3-6,9,13,18,25H,7-8,10-11H2,1-2H3,(H,26,27)(H,28,33)(H2,24,29,31)(H,35,36,37);(H,6,7);1-2H3;1H,(H,2,3)/b30-17-;;;/t18-;;;/m1.../s1. The molecule has 5 rings (SSSR count). The van der Waals surface area contributed by atoms with E-state index in [0.29, 0.717) is 16.9 Å². The highest BCUT2D eigenvalue weighted by Gasteiger charge is 2.58. The van der Waals surface area contributed by atoms with Crippen molar-refractivity contribution in [1.29, 1.82) is 0 Å². The lowest BCUT2D eigenvalue weighted by molar-refractivity contribution is -0.218. The van der Waals surface area contributed by atoms with E-state index >= 15 is 0 Å². The number of fused-ring (bicyclic) bond motifs is 1. The van der Waals surface area contributed by atoms with E-state index in [-0.39, 0.29) is 36.4 Å². The van der Waals surface area contributed by atoms with Gasteiger partial charge in [-0.1, -0.05) is 19.0 Å². The van der Waals surface area contributed by atoms with Crippen LogP contribution < -0.4 is 26.4 Å². The number of ether oxygens (including phenoxy) is 1. The van der Waals surface area contributed by atoms with Crippen molar-refractivity contribution in [2.24, 2.45) is 5.16 Å². The van der Waals surface area contributed by atoms with Gasteiger partial charge in [-0.15, -0.1) is 4.28 Å². The van der Waals surface area contributed by atoms with E-state index in [9.17, 15) is 31.2 Å². The molecule has 1 aromatic carbocycles. The van der Waals surface area contributed by atoms with Gasteiger partial charge in [0.1, 0.15) is 24.2 Å². The van der Waals surface area contributed by atoms with Crippen molar-refractivity contribution in [3.63, 3.8) is 0 Å². The van der Waals surface area contributed by atoms with Gasteiger partial charge in [0.05, 0.1) is 17.1 Å². The number of carbonyl (C=O) groups is 4. The van der Waals surface area contributed by atoms with Crippen LogP contribution in [0.15, 0.2) is 35.5 Å². The van der Waals surface area contributed by atoms with E-state index in [2.05, 4.69) is 39.7 Å². The second-order valence-corrected chi connectivity index (χ2v) is 12.5. The van der Waals surface area contributed by atoms with Crippen LogP contribution in [0, 0.1) is 0 Å². The van der Waals surface area contributed by atoms with Crippen molar-refractivity contribution in [1.82, 2.24) is 30.0 Å². The number of nitrogen functional groups attached to an aromatic ring is 1. The van der Waals surface area contributed by atoms with Gasteiger partial charge >= 0.3 is 22.5 Å². The molecule has 54 heavy (non-hydrogen) atoms. The number of aromatic nitrogens is 3. The summed E-state index contributed by atoms with van der Waals surface area (Å²) in [5, 5.41) is 28.2. The predicted octanol–water partition coefficient (Wildman–Crippen LogP) is 1.05. The van der Waals surface area contributed by atoms with Crippen molar-refractivity contribution in [3.05, 3.63) is 36.2 Å². The second-order valence-electron chi connectivity index (χ2n) is 10.7. The Labute approximate surface area is 308 Å². The number of hydroxylamine groups is 2. The molecule has 0 spiro atoms. The number of β-lactam (4-membered cyclic amide) rings is 1. The molecule has 0 aliphatic carbocycles. The second kappa shape index (κ2) is 19.6. The van der Waals surface area contributed by atoms with Crippen molar-refractivity contribution in [3.8, 4) is 5.75 Å². The minimum atomic E-state index is -5.08. The fourth-order valence-electron chi connectivity index (χ4n) is 4.12. The number of rotatable bonds is 12. The molecule has 2 amide bonds. The highest BCUT2D eigenvalue weighted by molar-refractivity contribution is 7.80. The maximum absolute atomic E-state index is 13.0. The average molecular weight is 812 g/mol. The fourth-order valence-corrected chi connectivity index (χ4v) is 5.00. The molecule has 21 nitrogen and oxygen atoms in total. The average Bonchev–Trinajstić information content (AvgIpc) is 3.51. The van der Waals surface area contributed by atoms with Crippen molar-refractivity contribution >= 4 is 73.8 Å². The molecule has 0 saturated carbocycles. The zero-order valence-corrected chi connectivity index (χ0v) is 30.4. The molecule has 0 unspecified atom stereocenters. The van der Waals surface area contributed by atoms with E-state index in [0.717, 1.165) is 41.3 Å². The Morgan fingerprint density at radius 3 is 2.31 bits per heavy atom. The van der Waals surface area contributed by atoms with Gasteiger partial charge in [0.15, 0.2) is 11.7 Å². The van der Waals surface area contributed by atoms with Crippen molar-refractivity contribution < 1.29 is 69.4 Å². The number of pyridine rings is 1. The Balaban J connectivity index is 0.000000737. The molecule has 2 fully saturated rings. The molecular weight excluding hydrogens is 775 g/mol. The van der Waals surface area contributed by atoms with E-state index < -0.39 is 45.9 Å². The Hall–Kier alpha value is -5.44. The van der Waals surface area contributed by atoms with Crippen LogP contribution in [0.4, 0.5) is 24.1 Å². The summed E-state index contributed by atoms with van der Waals surface area (Å²) in [4.78, 5) is 56.5. The summed E-state index contributed by atoms with van der Waals surface area (Å²) in [6, 6.07) is 8.48.